The van der Waals surface area contributed by atoms with E-state index in [2.05, 4.69) is 0 Å². The van der Waals surface area contributed by atoms with Crippen molar-refractivity contribution in [1.82, 2.24) is 4.90 Å². The summed E-state index contributed by atoms with van der Waals surface area (Å²) in [5.41, 5.74) is 3.18. The zero-order valence-electron chi connectivity index (χ0n) is 14.0. The molecule has 0 bridgehead atoms. The van der Waals surface area contributed by atoms with Crippen LogP contribution in [0.1, 0.15) is 34.3 Å². The number of carbonyl (C=O) groups is 2. The molecule has 2 aromatic rings. The average molecular weight is 355 g/mol. The highest BCUT2D eigenvalue weighted by molar-refractivity contribution is 6.31. The van der Waals surface area contributed by atoms with Crippen LogP contribution >= 0.6 is 11.6 Å². The van der Waals surface area contributed by atoms with Gasteiger partial charge in [0.05, 0.1) is 17.8 Å². The molecule has 2 aromatic carbocycles. The van der Waals surface area contributed by atoms with Crippen LogP contribution in [0.2, 0.25) is 5.02 Å². The zero-order valence-corrected chi connectivity index (χ0v) is 14.8. The van der Waals surface area contributed by atoms with Crippen LogP contribution in [0.25, 0.3) is 0 Å². The Balaban J connectivity index is 1.84. The smallest absolute Gasteiger partial charge is 0.256 e. The van der Waals surface area contributed by atoms with Crippen LogP contribution in [0, 0.1) is 6.92 Å². The number of hydrogen-bond donors (Lipinski definition) is 0. The topological polar surface area (TPSA) is 40.6 Å². The van der Waals surface area contributed by atoms with Gasteiger partial charge < -0.3 is 9.80 Å². The van der Waals surface area contributed by atoms with Crippen molar-refractivity contribution >= 4 is 29.1 Å². The molecule has 128 valence electrons. The number of fused-ring (bicyclic) bond motifs is 2. The minimum atomic E-state index is -0.373. The number of rotatable bonds is 2. The van der Waals surface area contributed by atoms with Gasteiger partial charge in [-0.3, -0.25) is 9.59 Å². The molecule has 0 radical (unpaired) electrons. The van der Waals surface area contributed by atoms with E-state index in [1.54, 1.807) is 9.80 Å². The Bertz CT molecular complexity index is 865. The lowest BCUT2D eigenvalue weighted by atomic mass is 10.1. The fraction of sp³-hybridized carbons (Fsp3) is 0.300. The number of halogens is 1. The van der Waals surface area contributed by atoms with Crippen molar-refractivity contribution in [2.45, 2.75) is 32.4 Å². The minimum absolute atomic E-state index is 0.0184. The lowest BCUT2D eigenvalue weighted by Crippen LogP contribution is -2.44. The Labute approximate surface area is 152 Å². The van der Waals surface area contributed by atoms with Crippen molar-refractivity contribution in [2.75, 3.05) is 11.4 Å². The maximum absolute atomic E-state index is 13.3. The standard InChI is InChI=1S/C20H19ClN2O2/c1-13-8-9-15-18(11-13)23(12-14-5-2-3-6-16(14)21)20(25)17-7-4-10-22(17)19(15)24/h2-3,5-6,8-9,11,17H,4,7,10,12H2,1H3/t17-/m0/s1. The first-order valence-electron chi connectivity index (χ1n) is 8.52. The first-order chi connectivity index (χ1) is 12.1. The van der Waals surface area contributed by atoms with Crippen molar-refractivity contribution in [2.24, 2.45) is 0 Å². The first-order valence-corrected chi connectivity index (χ1v) is 8.90. The van der Waals surface area contributed by atoms with E-state index in [0.29, 0.717) is 29.4 Å². The van der Waals surface area contributed by atoms with Gasteiger partial charge in [0, 0.05) is 11.6 Å². The van der Waals surface area contributed by atoms with Gasteiger partial charge in [-0.1, -0.05) is 35.9 Å². The molecule has 1 saturated heterocycles. The average Bonchev–Trinajstić information content (AvgIpc) is 3.07. The van der Waals surface area contributed by atoms with Gasteiger partial charge in [-0.2, -0.15) is 0 Å². The van der Waals surface area contributed by atoms with Crippen LogP contribution in [0.15, 0.2) is 42.5 Å². The molecule has 0 saturated carbocycles. The lowest BCUT2D eigenvalue weighted by Gasteiger charge is -2.26. The Morgan fingerprint density at radius 1 is 1.16 bits per heavy atom. The second-order valence-electron chi connectivity index (χ2n) is 6.69. The molecular formula is C20H19ClN2O2. The number of amides is 2. The van der Waals surface area contributed by atoms with Crippen LogP contribution in [0.5, 0.6) is 0 Å². The summed E-state index contributed by atoms with van der Waals surface area (Å²) in [5.74, 6) is -0.0670. The first kappa shape index (κ1) is 16.2. The highest BCUT2D eigenvalue weighted by Gasteiger charge is 2.42. The van der Waals surface area contributed by atoms with Crippen molar-refractivity contribution in [3.8, 4) is 0 Å². The Kier molecular flexibility index (Phi) is 4.00. The molecule has 0 N–H and O–H groups in total. The van der Waals surface area contributed by atoms with E-state index < -0.39 is 0 Å². The van der Waals surface area contributed by atoms with Crippen LogP contribution in [0.4, 0.5) is 5.69 Å². The van der Waals surface area contributed by atoms with Gasteiger partial charge in [-0.05, 0) is 49.1 Å². The van der Waals surface area contributed by atoms with Crippen LogP contribution in [-0.2, 0) is 11.3 Å². The van der Waals surface area contributed by atoms with Crippen molar-refractivity contribution in [3.05, 3.63) is 64.2 Å². The van der Waals surface area contributed by atoms with E-state index in [9.17, 15) is 9.59 Å². The molecule has 2 aliphatic heterocycles. The number of nitrogens with zero attached hydrogens (tertiary/aromatic N) is 2. The molecule has 0 aliphatic carbocycles. The SMILES string of the molecule is Cc1ccc2c(c1)N(Cc1ccccc1Cl)C(=O)[C@@H]1CCCN1C2=O. The Morgan fingerprint density at radius 3 is 2.76 bits per heavy atom. The van der Waals surface area contributed by atoms with Crippen LogP contribution in [0.3, 0.4) is 0 Å². The second kappa shape index (κ2) is 6.19. The maximum Gasteiger partial charge on any atom is 0.256 e. The molecule has 0 aromatic heterocycles. The summed E-state index contributed by atoms with van der Waals surface area (Å²) in [4.78, 5) is 29.7. The highest BCUT2D eigenvalue weighted by atomic mass is 35.5. The maximum atomic E-state index is 13.3. The zero-order chi connectivity index (χ0) is 17.6. The minimum Gasteiger partial charge on any atom is -0.327 e. The van der Waals surface area contributed by atoms with E-state index >= 15 is 0 Å². The molecule has 0 unspecified atom stereocenters. The summed E-state index contributed by atoms with van der Waals surface area (Å²) in [6.45, 7) is 2.98. The third-order valence-electron chi connectivity index (χ3n) is 5.03. The number of anilines is 1. The molecule has 25 heavy (non-hydrogen) atoms. The summed E-state index contributed by atoms with van der Waals surface area (Å²) in [5, 5.41) is 0.628. The normalized spacial score (nSPS) is 19.7. The summed E-state index contributed by atoms with van der Waals surface area (Å²) in [6, 6.07) is 12.8. The monoisotopic (exact) mass is 354 g/mol. The summed E-state index contributed by atoms with van der Waals surface area (Å²) >= 11 is 6.31. The Morgan fingerprint density at radius 2 is 1.96 bits per heavy atom. The number of benzene rings is 2. The van der Waals surface area contributed by atoms with Gasteiger partial charge in [-0.15, -0.1) is 0 Å². The van der Waals surface area contributed by atoms with Crippen LogP contribution in [-0.4, -0.2) is 29.3 Å². The van der Waals surface area contributed by atoms with E-state index in [1.807, 2.05) is 49.4 Å². The fourth-order valence-corrected chi connectivity index (χ4v) is 3.92. The quantitative estimate of drug-likeness (QED) is 0.823. The molecule has 0 spiro atoms. The fourth-order valence-electron chi connectivity index (χ4n) is 3.73. The molecule has 1 fully saturated rings. The molecular weight excluding hydrogens is 336 g/mol. The molecule has 1 atom stereocenters. The number of aryl methyl sites for hydroxylation is 1. The van der Waals surface area contributed by atoms with Crippen molar-refractivity contribution in [3.63, 3.8) is 0 Å². The lowest BCUT2D eigenvalue weighted by molar-refractivity contribution is -0.122. The van der Waals surface area contributed by atoms with E-state index in [-0.39, 0.29) is 17.9 Å². The van der Waals surface area contributed by atoms with Crippen LogP contribution < -0.4 is 4.90 Å². The van der Waals surface area contributed by atoms with Gasteiger partial charge in [0.15, 0.2) is 0 Å². The molecule has 2 heterocycles. The summed E-state index contributed by atoms with van der Waals surface area (Å²) in [6.07, 6.45) is 1.58. The summed E-state index contributed by atoms with van der Waals surface area (Å²) < 4.78 is 0. The van der Waals surface area contributed by atoms with Crippen molar-refractivity contribution in [1.29, 1.82) is 0 Å². The number of carbonyl (C=O) groups excluding carboxylic acids is 2. The third-order valence-corrected chi connectivity index (χ3v) is 5.39. The van der Waals surface area contributed by atoms with E-state index in [0.717, 1.165) is 24.0 Å². The van der Waals surface area contributed by atoms with Gasteiger partial charge in [-0.25, -0.2) is 0 Å². The molecule has 5 heteroatoms. The summed E-state index contributed by atoms with van der Waals surface area (Å²) in [7, 11) is 0. The Hall–Kier alpha value is -2.33. The molecule has 4 nitrogen and oxygen atoms in total. The molecule has 2 aliphatic rings. The van der Waals surface area contributed by atoms with Crippen molar-refractivity contribution < 1.29 is 9.59 Å². The number of hydrogen-bond acceptors (Lipinski definition) is 2. The molecule has 4 rings (SSSR count). The largest absolute Gasteiger partial charge is 0.327 e. The molecule has 2 amide bonds. The second-order valence-corrected chi connectivity index (χ2v) is 7.10. The van der Waals surface area contributed by atoms with E-state index in [1.165, 1.54) is 0 Å². The van der Waals surface area contributed by atoms with Gasteiger partial charge in [0.1, 0.15) is 6.04 Å². The van der Waals surface area contributed by atoms with Gasteiger partial charge >= 0.3 is 0 Å². The predicted octanol–water partition coefficient (Wildman–Crippen LogP) is 3.80. The predicted molar refractivity (Wildman–Crippen MR) is 97.9 cm³/mol. The van der Waals surface area contributed by atoms with Gasteiger partial charge in [0.2, 0.25) is 5.91 Å². The highest BCUT2D eigenvalue weighted by Crippen LogP contribution is 2.34. The van der Waals surface area contributed by atoms with Gasteiger partial charge in [0.25, 0.3) is 5.91 Å². The third kappa shape index (κ3) is 2.71. The van der Waals surface area contributed by atoms with E-state index in [4.69, 9.17) is 11.6 Å².